The molecule has 0 heterocycles. The van der Waals surface area contributed by atoms with Crippen LogP contribution < -0.4 is 5.32 Å². The number of hydrogen-bond donors (Lipinski definition) is 3. The molecule has 0 saturated heterocycles. The first-order valence-corrected chi connectivity index (χ1v) is 4.02. The third kappa shape index (κ3) is 2.43. The molecule has 1 rings (SSSR count). The molecule has 0 aromatic heterocycles. The summed E-state index contributed by atoms with van der Waals surface area (Å²) >= 11 is 0. The van der Waals surface area contributed by atoms with Crippen LogP contribution in [0.1, 0.15) is 10.4 Å². The van der Waals surface area contributed by atoms with E-state index in [1.54, 1.807) is 0 Å². The van der Waals surface area contributed by atoms with Gasteiger partial charge in [0, 0.05) is 6.54 Å². The number of benzene rings is 1. The number of nitrogens with one attached hydrogen (secondary N) is 1. The van der Waals surface area contributed by atoms with Crippen molar-refractivity contribution in [3.63, 3.8) is 0 Å². The van der Waals surface area contributed by atoms with Gasteiger partial charge in [-0.05, 0) is 18.2 Å². The van der Waals surface area contributed by atoms with Crippen LogP contribution in [0.3, 0.4) is 0 Å². The highest BCUT2D eigenvalue weighted by Crippen LogP contribution is 2.16. The predicted molar refractivity (Wildman–Crippen MR) is 48.9 cm³/mol. The number of carboxylic acids is 1. The first-order valence-electron chi connectivity index (χ1n) is 4.02. The van der Waals surface area contributed by atoms with Gasteiger partial charge in [0.25, 0.3) is 0 Å². The molecule has 0 bridgehead atoms. The Bertz CT molecular complexity index is 341. The number of carbonyl (C=O) groups is 1. The van der Waals surface area contributed by atoms with E-state index in [4.69, 9.17) is 10.2 Å². The Hall–Kier alpha value is -1.62. The summed E-state index contributed by atoms with van der Waals surface area (Å²) in [7, 11) is 0. The molecule has 0 radical (unpaired) electrons. The monoisotopic (exact) mass is 199 g/mol. The van der Waals surface area contributed by atoms with Crippen LogP contribution in [0.5, 0.6) is 0 Å². The Morgan fingerprint density at radius 1 is 1.50 bits per heavy atom. The number of aliphatic hydroxyl groups is 1. The van der Waals surface area contributed by atoms with E-state index in [0.717, 1.165) is 12.1 Å². The average Bonchev–Trinajstić information content (AvgIpc) is 2.14. The lowest BCUT2D eigenvalue weighted by Gasteiger charge is -2.07. The Kier molecular flexibility index (Phi) is 3.41. The van der Waals surface area contributed by atoms with Crippen molar-refractivity contribution >= 4 is 11.7 Å². The number of aromatic carboxylic acids is 1. The zero-order valence-corrected chi connectivity index (χ0v) is 7.33. The second kappa shape index (κ2) is 4.57. The number of rotatable bonds is 4. The first-order chi connectivity index (χ1) is 6.65. The normalized spacial score (nSPS) is 9.86. The smallest absolute Gasteiger partial charge is 0.337 e. The maximum Gasteiger partial charge on any atom is 0.337 e. The average molecular weight is 199 g/mol. The summed E-state index contributed by atoms with van der Waals surface area (Å²) in [6.07, 6.45) is 0. The highest BCUT2D eigenvalue weighted by atomic mass is 19.1. The van der Waals surface area contributed by atoms with E-state index in [2.05, 4.69) is 5.32 Å². The van der Waals surface area contributed by atoms with Crippen LogP contribution >= 0.6 is 0 Å². The van der Waals surface area contributed by atoms with E-state index < -0.39 is 11.8 Å². The van der Waals surface area contributed by atoms with Gasteiger partial charge in [0.05, 0.1) is 17.9 Å². The highest BCUT2D eigenvalue weighted by Gasteiger charge is 2.09. The largest absolute Gasteiger partial charge is 0.478 e. The van der Waals surface area contributed by atoms with Crippen molar-refractivity contribution < 1.29 is 19.4 Å². The summed E-state index contributed by atoms with van der Waals surface area (Å²) in [5.74, 6) is -1.65. The maximum atomic E-state index is 12.7. The Balaban J connectivity index is 2.97. The van der Waals surface area contributed by atoms with Gasteiger partial charge in [0.2, 0.25) is 0 Å². The zero-order valence-electron chi connectivity index (χ0n) is 7.33. The van der Waals surface area contributed by atoms with Crippen molar-refractivity contribution in [3.05, 3.63) is 29.6 Å². The van der Waals surface area contributed by atoms with Gasteiger partial charge in [-0.25, -0.2) is 9.18 Å². The lowest BCUT2D eigenvalue weighted by atomic mass is 10.1. The van der Waals surface area contributed by atoms with Crippen molar-refractivity contribution in [2.45, 2.75) is 0 Å². The molecular formula is C9H10FNO3. The van der Waals surface area contributed by atoms with Gasteiger partial charge < -0.3 is 15.5 Å². The third-order valence-corrected chi connectivity index (χ3v) is 1.64. The molecule has 3 N–H and O–H groups in total. The van der Waals surface area contributed by atoms with Gasteiger partial charge in [-0.15, -0.1) is 0 Å². The first kappa shape index (κ1) is 10.5. The van der Waals surface area contributed by atoms with Crippen LogP contribution in [-0.2, 0) is 0 Å². The van der Waals surface area contributed by atoms with Crippen molar-refractivity contribution in [2.24, 2.45) is 0 Å². The van der Waals surface area contributed by atoms with Gasteiger partial charge >= 0.3 is 5.97 Å². The fourth-order valence-electron chi connectivity index (χ4n) is 1.04. The second-order valence-corrected chi connectivity index (χ2v) is 2.65. The standard InChI is InChI=1S/C9H10FNO3/c10-6-1-2-7(9(13)14)8(5-6)11-3-4-12/h1-2,5,11-12H,3-4H2,(H,13,14). The summed E-state index contributed by atoms with van der Waals surface area (Å²) in [6, 6.07) is 3.34. The summed E-state index contributed by atoms with van der Waals surface area (Å²) < 4.78 is 12.7. The quantitative estimate of drug-likeness (QED) is 0.674. The zero-order chi connectivity index (χ0) is 10.6. The van der Waals surface area contributed by atoms with Crippen molar-refractivity contribution in [3.8, 4) is 0 Å². The summed E-state index contributed by atoms with van der Waals surface area (Å²) in [6.45, 7) is 0.0410. The van der Waals surface area contributed by atoms with Crippen LogP contribution in [0.4, 0.5) is 10.1 Å². The fraction of sp³-hybridized carbons (Fsp3) is 0.222. The van der Waals surface area contributed by atoms with Crippen LogP contribution in [0, 0.1) is 5.82 Å². The number of hydrogen-bond acceptors (Lipinski definition) is 3. The molecule has 0 amide bonds. The molecular weight excluding hydrogens is 189 g/mol. The van der Waals surface area contributed by atoms with Gasteiger partial charge in [-0.3, -0.25) is 0 Å². The summed E-state index contributed by atoms with van der Waals surface area (Å²) in [4.78, 5) is 10.7. The topological polar surface area (TPSA) is 69.6 Å². The number of halogens is 1. The van der Waals surface area contributed by atoms with Crippen LogP contribution in [0.15, 0.2) is 18.2 Å². The lowest BCUT2D eigenvalue weighted by Crippen LogP contribution is -2.10. The van der Waals surface area contributed by atoms with Crippen molar-refractivity contribution in [2.75, 3.05) is 18.5 Å². The Labute approximate surface area is 80.0 Å². The molecule has 1 aromatic carbocycles. The van der Waals surface area contributed by atoms with Crippen LogP contribution in [0.2, 0.25) is 0 Å². The molecule has 76 valence electrons. The molecule has 0 spiro atoms. The fourth-order valence-corrected chi connectivity index (χ4v) is 1.04. The minimum Gasteiger partial charge on any atom is -0.478 e. The predicted octanol–water partition coefficient (Wildman–Crippen LogP) is 0.928. The van der Waals surface area contributed by atoms with Crippen LogP contribution in [-0.4, -0.2) is 29.3 Å². The van der Waals surface area contributed by atoms with E-state index in [9.17, 15) is 9.18 Å². The molecule has 1 aromatic rings. The minimum absolute atomic E-state index is 0.0140. The molecule has 0 atom stereocenters. The van der Waals surface area contributed by atoms with Gasteiger partial charge in [0.1, 0.15) is 5.82 Å². The maximum absolute atomic E-state index is 12.7. The molecule has 14 heavy (non-hydrogen) atoms. The molecule has 0 aliphatic heterocycles. The Morgan fingerprint density at radius 3 is 2.79 bits per heavy atom. The molecule has 0 saturated carbocycles. The number of carboxylic acid groups (broad SMARTS) is 1. The lowest BCUT2D eigenvalue weighted by molar-refractivity contribution is 0.0698. The van der Waals surface area contributed by atoms with E-state index >= 15 is 0 Å². The van der Waals surface area contributed by atoms with Gasteiger partial charge in [-0.1, -0.05) is 0 Å². The van der Waals surface area contributed by atoms with E-state index in [0.29, 0.717) is 0 Å². The molecule has 0 fully saturated rings. The van der Waals surface area contributed by atoms with E-state index in [1.165, 1.54) is 6.07 Å². The second-order valence-electron chi connectivity index (χ2n) is 2.65. The molecule has 0 unspecified atom stereocenters. The number of anilines is 1. The SMILES string of the molecule is O=C(O)c1ccc(F)cc1NCCO. The Morgan fingerprint density at radius 2 is 2.21 bits per heavy atom. The third-order valence-electron chi connectivity index (χ3n) is 1.64. The molecule has 0 aliphatic carbocycles. The van der Waals surface area contributed by atoms with Crippen molar-refractivity contribution in [1.29, 1.82) is 0 Å². The summed E-state index contributed by atoms with van der Waals surface area (Å²) in [5, 5.41) is 19.9. The molecule has 5 heteroatoms. The minimum atomic E-state index is -1.13. The molecule has 0 aliphatic rings. The molecule has 4 nitrogen and oxygen atoms in total. The van der Waals surface area contributed by atoms with Crippen LogP contribution in [0.25, 0.3) is 0 Å². The van der Waals surface area contributed by atoms with Gasteiger partial charge in [0.15, 0.2) is 0 Å². The van der Waals surface area contributed by atoms with Gasteiger partial charge in [-0.2, -0.15) is 0 Å². The number of aliphatic hydroxyl groups excluding tert-OH is 1. The summed E-state index contributed by atoms with van der Waals surface area (Å²) in [5.41, 5.74) is 0.159. The van der Waals surface area contributed by atoms with Crippen molar-refractivity contribution in [1.82, 2.24) is 0 Å². The van der Waals surface area contributed by atoms with E-state index in [1.807, 2.05) is 0 Å². The van der Waals surface area contributed by atoms with E-state index in [-0.39, 0.29) is 24.4 Å². The highest BCUT2D eigenvalue weighted by molar-refractivity contribution is 5.94.